The van der Waals surface area contributed by atoms with E-state index in [2.05, 4.69) is 11.6 Å². The molecule has 0 heterocycles. The normalized spacial score (nSPS) is 14.0. The molecule has 3 rings (SSSR count). The Kier molecular flexibility index (Phi) is 13.2. The Morgan fingerprint density at radius 2 is 1.49 bits per heavy atom. The first-order valence-electron chi connectivity index (χ1n) is 14.7. The van der Waals surface area contributed by atoms with Crippen molar-refractivity contribution >= 4 is 28.9 Å². The van der Waals surface area contributed by atoms with Gasteiger partial charge in [-0.1, -0.05) is 104 Å². The molecule has 0 radical (unpaired) electrons. The average molecular weight is 600 g/mol. The fraction of sp³-hybridized carbons (Fsp3) is 0.158. The first-order valence-corrected chi connectivity index (χ1v) is 14.7. The maximum absolute atomic E-state index is 10.5. The minimum atomic E-state index is 0.0793. The standard InChI is InChI=1S/C38H41N5O2/c1-6-8-17-27(3)37(39)43-36(40-26-32-20-12-14-22-34(32)44)25-24-31(16-7-2)38(41-28(4)30-18-10-9-11-19-30)42-29(5)33-21-13-15-23-35(33)45/h6-24,44-45H,5,25-26H2,1-4H3,(H2,39,40,43)/b8-6-,16-7-,27-17+,31-24+,41-28?,42-38?. The number of amidine groups is 3. The van der Waals surface area contributed by atoms with E-state index < -0.39 is 0 Å². The molecule has 0 unspecified atom stereocenters. The number of aliphatic imine (C=N–C) groups is 4. The molecule has 45 heavy (non-hydrogen) atoms. The summed E-state index contributed by atoms with van der Waals surface area (Å²) in [4.78, 5) is 19.1. The summed E-state index contributed by atoms with van der Waals surface area (Å²) in [6, 6.07) is 23.8. The molecule has 0 amide bonds. The highest BCUT2D eigenvalue weighted by Gasteiger charge is 2.11. The number of hydrogen-bond donors (Lipinski definition) is 3. The second-order valence-corrected chi connectivity index (χ2v) is 10.1. The summed E-state index contributed by atoms with van der Waals surface area (Å²) in [5, 5.41) is 20.8. The molecule has 7 nitrogen and oxygen atoms in total. The molecule has 3 aromatic carbocycles. The predicted molar refractivity (Wildman–Crippen MR) is 190 cm³/mol. The van der Waals surface area contributed by atoms with Crippen LogP contribution in [0, 0.1) is 0 Å². The number of aromatic hydroxyl groups is 2. The highest BCUT2D eigenvalue weighted by atomic mass is 16.3. The van der Waals surface area contributed by atoms with Crippen molar-refractivity contribution in [2.45, 2.75) is 40.7 Å². The second-order valence-electron chi connectivity index (χ2n) is 10.1. The Labute approximate surface area is 266 Å². The van der Waals surface area contributed by atoms with Crippen LogP contribution in [0.3, 0.4) is 0 Å². The van der Waals surface area contributed by atoms with Gasteiger partial charge in [0, 0.05) is 28.8 Å². The van der Waals surface area contributed by atoms with Crippen molar-refractivity contribution < 1.29 is 10.2 Å². The van der Waals surface area contributed by atoms with Crippen molar-refractivity contribution in [3.63, 3.8) is 0 Å². The lowest BCUT2D eigenvalue weighted by atomic mass is 10.1. The van der Waals surface area contributed by atoms with Gasteiger partial charge in [-0.25, -0.2) is 15.0 Å². The van der Waals surface area contributed by atoms with E-state index in [1.54, 1.807) is 30.3 Å². The van der Waals surface area contributed by atoms with E-state index in [1.165, 1.54) is 0 Å². The number of phenols is 2. The maximum atomic E-state index is 10.5. The van der Waals surface area contributed by atoms with E-state index >= 15 is 0 Å². The zero-order chi connectivity index (χ0) is 32.6. The van der Waals surface area contributed by atoms with Gasteiger partial charge in [0.25, 0.3) is 0 Å². The summed E-state index contributed by atoms with van der Waals surface area (Å²) < 4.78 is 0. The van der Waals surface area contributed by atoms with Crippen molar-refractivity contribution in [2.75, 3.05) is 0 Å². The maximum Gasteiger partial charge on any atom is 0.159 e. The van der Waals surface area contributed by atoms with Gasteiger partial charge in [-0.3, -0.25) is 4.99 Å². The molecule has 7 heteroatoms. The van der Waals surface area contributed by atoms with E-state index in [1.807, 2.05) is 113 Å². The lowest BCUT2D eigenvalue weighted by molar-refractivity contribution is 0.468. The lowest BCUT2D eigenvalue weighted by Crippen LogP contribution is -2.16. The fourth-order valence-corrected chi connectivity index (χ4v) is 4.10. The largest absolute Gasteiger partial charge is 0.508 e. The third-order valence-corrected chi connectivity index (χ3v) is 6.65. The van der Waals surface area contributed by atoms with Crippen LogP contribution in [0.25, 0.3) is 5.70 Å². The van der Waals surface area contributed by atoms with Gasteiger partial charge in [-0.05, 0) is 57.0 Å². The first-order chi connectivity index (χ1) is 21.7. The fourth-order valence-electron chi connectivity index (χ4n) is 4.10. The lowest BCUT2D eigenvalue weighted by Gasteiger charge is -2.10. The summed E-state index contributed by atoms with van der Waals surface area (Å²) in [6.45, 7) is 12.0. The number of nitrogens with zero attached hydrogens (tertiary/aromatic N) is 4. The van der Waals surface area contributed by atoms with Gasteiger partial charge in [0.05, 0.1) is 12.2 Å². The molecule has 230 valence electrons. The molecule has 0 saturated carbocycles. The van der Waals surface area contributed by atoms with Crippen LogP contribution in [0.4, 0.5) is 0 Å². The summed E-state index contributed by atoms with van der Waals surface area (Å²) in [7, 11) is 0. The SMILES string of the molecule is C=C(N=C(N=C(C)c1ccccc1)C(/C=C\C)=C/CC(=NCc1ccccc1O)N=C(N)/C(C)=C/C=C\C)c1ccccc1O. The van der Waals surface area contributed by atoms with Gasteiger partial charge >= 0.3 is 0 Å². The van der Waals surface area contributed by atoms with Gasteiger partial charge in [-0.15, -0.1) is 0 Å². The van der Waals surface area contributed by atoms with E-state index in [-0.39, 0.29) is 18.0 Å². The zero-order valence-electron chi connectivity index (χ0n) is 26.4. The Morgan fingerprint density at radius 1 is 0.822 bits per heavy atom. The molecule has 0 atom stereocenters. The Hall–Kier alpha value is -5.56. The molecule has 4 N–H and O–H groups in total. The third-order valence-electron chi connectivity index (χ3n) is 6.65. The van der Waals surface area contributed by atoms with E-state index in [0.29, 0.717) is 46.3 Å². The predicted octanol–water partition coefficient (Wildman–Crippen LogP) is 8.35. The minimum absolute atomic E-state index is 0.0793. The third kappa shape index (κ3) is 10.6. The molecule has 0 spiro atoms. The summed E-state index contributed by atoms with van der Waals surface area (Å²) in [6.07, 6.45) is 11.7. The summed E-state index contributed by atoms with van der Waals surface area (Å²) in [5.41, 5.74) is 11.1. The highest BCUT2D eigenvalue weighted by molar-refractivity contribution is 6.14. The molecule has 0 aliphatic heterocycles. The van der Waals surface area contributed by atoms with E-state index in [4.69, 9.17) is 20.7 Å². The molecule has 0 aromatic heterocycles. The van der Waals surface area contributed by atoms with Gasteiger partial charge in [0.1, 0.15) is 23.2 Å². The van der Waals surface area contributed by atoms with Gasteiger partial charge in [-0.2, -0.15) is 0 Å². The van der Waals surface area contributed by atoms with Crippen molar-refractivity contribution in [3.8, 4) is 11.5 Å². The molecule has 0 aliphatic rings. The molecule has 0 saturated heterocycles. The zero-order valence-corrected chi connectivity index (χ0v) is 26.4. The van der Waals surface area contributed by atoms with Gasteiger partial charge in [0.15, 0.2) is 5.84 Å². The Balaban J connectivity index is 2.13. The van der Waals surface area contributed by atoms with Crippen LogP contribution < -0.4 is 5.73 Å². The molecular weight excluding hydrogens is 558 g/mol. The number of benzene rings is 3. The summed E-state index contributed by atoms with van der Waals surface area (Å²) >= 11 is 0. The van der Waals surface area contributed by atoms with Crippen molar-refractivity contribution in [3.05, 3.63) is 150 Å². The van der Waals surface area contributed by atoms with Gasteiger partial charge in [0.2, 0.25) is 0 Å². The smallest absolute Gasteiger partial charge is 0.159 e. The molecule has 3 aromatic rings. The first kappa shape index (κ1) is 33.9. The van der Waals surface area contributed by atoms with Crippen LogP contribution in [0.15, 0.2) is 153 Å². The number of nitrogens with two attached hydrogens (primary N) is 1. The van der Waals surface area contributed by atoms with E-state index in [0.717, 1.165) is 16.8 Å². The minimum Gasteiger partial charge on any atom is -0.508 e. The Morgan fingerprint density at radius 3 is 2.16 bits per heavy atom. The molecule has 0 fully saturated rings. The topological polar surface area (TPSA) is 116 Å². The molecule has 0 bridgehead atoms. The van der Waals surface area contributed by atoms with Crippen LogP contribution in [0.1, 0.15) is 50.8 Å². The van der Waals surface area contributed by atoms with Crippen LogP contribution in [-0.2, 0) is 6.54 Å². The van der Waals surface area contributed by atoms with Crippen molar-refractivity contribution in [2.24, 2.45) is 25.7 Å². The van der Waals surface area contributed by atoms with Crippen LogP contribution >= 0.6 is 0 Å². The van der Waals surface area contributed by atoms with Crippen LogP contribution in [0.2, 0.25) is 0 Å². The van der Waals surface area contributed by atoms with Crippen LogP contribution in [-0.4, -0.2) is 33.4 Å². The average Bonchev–Trinajstić information content (AvgIpc) is 3.04. The number of hydrogen-bond acceptors (Lipinski definition) is 4. The number of para-hydroxylation sites is 2. The second kappa shape index (κ2) is 17.5. The number of allylic oxidation sites excluding steroid dienone is 4. The van der Waals surface area contributed by atoms with Gasteiger partial charge < -0.3 is 15.9 Å². The molecular formula is C38H41N5O2. The van der Waals surface area contributed by atoms with Crippen molar-refractivity contribution in [1.29, 1.82) is 0 Å². The monoisotopic (exact) mass is 599 g/mol. The number of rotatable bonds is 11. The van der Waals surface area contributed by atoms with E-state index in [9.17, 15) is 10.2 Å². The Bertz CT molecular complexity index is 1720. The van der Waals surface area contributed by atoms with Crippen LogP contribution in [0.5, 0.6) is 11.5 Å². The molecule has 0 aliphatic carbocycles. The summed E-state index contributed by atoms with van der Waals surface area (Å²) in [5.74, 6) is 1.45. The number of phenolic OH excluding ortho intramolecular Hbond substituents is 2. The highest BCUT2D eigenvalue weighted by Crippen LogP contribution is 2.25. The quantitative estimate of drug-likeness (QED) is 0.117. The van der Waals surface area contributed by atoms with Crippen molar-refractivity contribution in [1.82, 2.24) is 0 Å².